The SMILES string of the molecule is Cc1ccc(-n2nc(-c3ccccc3F)cc2C(=O)NCCN(C)C)cc1. The Kier molecular flexibility index (Phi) is 5.66. The minimum Gasteiger partial charge on any atom is -0.349 e. The molecule has 6 heteroatoms. The Morgan fingerprint density at radius 1 is 1.15 bits per heavy atom. The quantitative estimate of drug-likeness (QED) is 0.728. The number of amides is 1. The molecule has 0 bridgehead atoms. The van der Waals surface area contributed by atoms with Gasteiger partial charge in [-0.2, -0.15) is 5.10 Å². The highest BCUT2D eigenvalue weighted by Gasteiger charge is 2.19. The van der Waals surface area contributed by atoms with Crippen molar-refractivity contribution in [2.24, 2.45) is 0 Å². The van der Waals surface area contributed by atoms with Gasteiger partial charge in [0.25, 0.3) is 5.91 Å². The van der Waals surface area contributed by atoms with Crippen molar-refractivity contribution in [1.29, 1.82) is 0 Å². The number of benzene rings is 2. The number of aromatic nitrogens is 2. The Hall–Kier alpha value is -2.99. The Morgan fingerprint density at radius 3 is 2.52 bits per heavy atom. The zero-order chi connectivity index (χ0) is 19.4. The molecular weight excluding hydrogens is 343 g/mol. The fraction of sp³-hybridized carbons (Fsp3) is 0.238. The number of nitrogens with zero attached hydrogens (tertiary/aromatic N) is 3. The summed E-state index contributed by atoms with van der Waals surface area (Å²) in [5.74, 6) is -0.613. The monoisotopic (exact) mass is 366 g/mol. The number of likely N-dealkylation sites (N-methyl/N-ethyl adjacent to an activating group) is 1. The summed E-state index contributed by atoms with van der Waals surface area (Å²) in [6.45, 7) is 3.23. The highest BCUT2D eigenvalue weighted by molar-refractivity contribution is 5.94. The predicted molar refractivity (Wildman–Crippen MR) is 105 cm³/mol. The molecule has 0 saturated carbocycles. The molecule has 1 N–H and O–H groups in total. The van der Waals surface area contributed by atoms with Crippen molar-refractivity contribution in [1.82, 2.24) is 20.0 Å². The number of carbonyl (C=O) groups excluding carboxylic acids is 1. The molecule has 0 radical (unpaired) electrons. The van der Waals surface area contributed by atoms with Crippen LogP contribution in [0, 0.1) is 12.7 Å². The average Bonchev–Trinajstić information content (AvgIpc) is 3.07. The van der Waals surface area contributed by atoms with Crippen molar-refractivity contribution in [2.45, 2.75) is 6.92 Å². The van der Waals surface area contributed by atoms with Crippen molar-refractivity contribution in [3.8, 4) is 16.9 Å². The minimum atomic E-state index is -0.370. The first kappa shape index (κ1) is 18.8. The lowest BCUT2D eigenvalue weighted by molar-refractivity contribution is 0.0943. The lowest BCUT2D eigenvalue weighted by Gasteiger charge is -2.11. The lowest BCUT2D eigenvalue weighted by atomic mass is 10.1. The van der Waals surface area contributed by atoms with Crippen molar-refractivity contribution < 1.29 is 9.18 Å². The van der Waals surface area contributed by atoms with Gasteiger partial charge in [0.15, 0.2) is 0 Å². The number of hydrogen-bond donors (Lipinski definition) is 1. The van der Waals surface area contributed by atoms with Crippen molar-refractivity contribution in [2.75, 3.05) is 27.2 Å². The van der Waals surface area contributed by atoms with Crippen LogP contribution in [0.1, 0.15) is 16.1 Å². The van der Waals surface area contributed by atoms with Gasteiger partial charge in [-0.25, -0.2) is 9.07 Å². The maximum atomic E-state index is 14.2. The third-order valence-electron chi connectivity index (χ3n) is 4.21. The van der Waals surface area contributed by atoms with Gasteiger partial charge in [-0.3, -0.25) is 4.79 Å². The molecule has 0 unspecified atom stereocenters. The van der Waals surface area contributed by atoms with Crippen LogP contribution in [-0.2, 0) is 0 Å². The van der Waals surface area contributed by atoms with E-state index in [1.165, 1.54) is 6.07 Å². The molecule has 0 spiro atoms. The van der Waals surface area contributed by atoms with Gasteiger partial charge in [0.05, 0.1) is 11.4 Å². The van der Waals surface area contributed by atoms with Crippen LogP contribution in [0.15, 0.2) is 54.6 Å². The highest BCUT2D eigenvalue weighted by Crippen LogP contribution is 2.24. The topological polar surface area (TPSA) is 50.2 Å². The lowest BCUT2D eigenvalue weighted by Crippen LogP contribution is -2.32. The molecule has 0 atom stereocenters. The number of nitrogens with one attached hydrogen (secondary N) is 1. The van der Waals surface area contributed by atoms with E-state index in [1.807, 2.05) is 50.2 Å². The van der Waals surface area contributed by atoms with E-state index >= 15 is 0 Å². The predicted octanol–water partition coefficient (Wildman–Crippen LogP) is 3.28. The van der Waals surface area contributed by atoms with E-state index in [9.17, 15) is 9.18 Å². The fourth-order valence-electron chi connectivity index (χ4n) is 2.71. The van der Waals surface area contributed by atoms with E-state index in [2.05, 4.69) is 10.4 Å². The second-order valence-corrected chi connectivity index (χ2v) is 6.70. The van der Waals surface area contributed by atoms with Crippen LogP contribution in [0.2, 0.25) is 0 Å². The van der Waals surface area contributed by atoms with Gasteiger partial charge < -0.3 is 10.2 Å². The first-order chi connectivity index (χ1) is 13.0. The molecule has 0 fully saturated rings. The Morgan fingerprint density at radius 2 is 1.85 bits per heavy atom. The summed E-state index contributed by atoms with van der Waals surface area (Å²) < 4.78 is 15.8. The van der Waals surface area contributed by atoms with Crippen molar-refractivity contribution in [3.05, 3.63) is 71.7 Å². The smallest absolute Gasteiger partial charge is 0.270 e. The van der Waals surface area contributed by atoms with Crippen molar-refractivity contribution >= 4 is 5.91 Å². The third kappa shape index (κ3) is 4.41. The first-order valence-corrected chi connectivity index (χ1v) is 8.80. The summed E-state index contributed by atoms with van der Waals surface area (Å²) in [5.41, 5.74) is 3.02. The fourth-order valence-corrected chi connectivity index (χ4v) is 2.71. The summed E-state index contributed by atoms with van der Waals surface area (Å²) in [7, 11) is 3.89. The highest BCUT2D eigenvalue weighted by atomic mass is 19.1. The van der Waals surface area contributed by atoms with Gasteiger partial charge in [-0.1, -0.05) is 29.8 Å². The first-order valence-electron chi connectivity index (χ1n) is 8.80. The molecule has 0 aliphatic heterocycles. The van der Waals surface area contributed by atoms with E-state index in [-0.39, 0.29) is 11.7 Å². The zero-order valence-corrected chi connectivity index (χ0v) is 15.7. The number of aryl methyl sites for hydroxylation is 1. The van der Waals surface area contributed by atoms with Gasteiger partial charge in [-0.15, -0.1) is 0 Å². The van der Waals surface area contributed by atoms with Crippen LogP contribution >= 0.6 is 0 Å². The number of carbonyl (C=O) groups is 1. The Bertz CT molecular complexity index is 932. The average molecular weight is 366 g/mol. The molecule has 0 aliphatic carbocycles. The maximum Gasteiger partial charge on any atom is 0.270 e. The molecule has 1 amide bonds. The van der Waals surface area contributed by atoms with Crippen LogP contribution in [0.3, 0.4) is 0 Å². The van der Waals surface area contributed by atoms with E-state index in [1.54, 1.807) is 28.9 Å². The van der Waals surface area contributed by atoms with E-state index in [4.69, 9.17) is 0 Å². The van der Waals surface area contributed by atoms with Crippen LogP contribution in [0.5, 0.6) is 0 Å². The molecule has 2 aromatic carbocycles. The zero-order valence-electron chi connectivity index (χ0n) is 15.7. The molecule has 0 saturated heterocycles. The molecule has 5 nitrogen and oxygen atoms in total. The third-order valence-corrected chi connectivity index (χ3v) is 4.21. The van der Waals surface area contributed by atoms with E-state index < -0.39 is 0 Å². The molecule has 1 aromatic heterocycles. The summed E-state index contributed by atoms with van der Waals surface area (Å²) in [6.07, 6.45) is 0. The molecule has 27 heavy (non-hydrogen) atoms. The number of hydrogen-bond acceptors (Lipinski definition) is 3. The van der Waals surface area contributed by atoms with E-state index in [0.29, 0.717) is 23.5 Å². The standard InChI is InChI=1S/C21H23FN4O/c1-15-8-10-16(11-9-15)26-20(21(27)23-12-13-25(2)3)14-19(24-26)17-6-4-5-7-18(17)22/h4-11,14H,12-13H2,1-3H3,(H,23,27). The normalized spacial score (nSPS) is 11.0. The van der Waals surface area contributed by atoms with Crippen LogP contribution in [-0.4, -0.2) is 47.8 Å². The second-order valence-electron chi connectivity index (χ2n) is 6.70. The largest absolute Gasteiger partial charge is 0.349 e. The molecule has 3 aromatic rings. The van der Waals surface area contributed by atoms with Crippen LogP contribution in [0.4, 0.5) is 4.39 Å². The Labute approximate surface area is 158 Å². The summed E-state index contributed by atoms with van der Waals surface area (Å²) in [5, 5.41) is 7.41. The molecule has 140 valence electrons. The summed E-state index contributed by atoms with van der Waals surface area (Å²) in [4.78, 5) is 14.7. The minimum absolute atomic E-state index is 0.243. The van der Waals surface area contributed by atoms with Gasteiger partial charge in [0.1, 0.15) is 11.5 Å². The van der Waals surface area contributed by atoms with Gasteiger partial charge in [0, 0.05) is 18.7 Å². The summed E-state index contributed by atoms with van der Waals surface area (Å²) >= 11 is 0. The number of rotatable bonds is 6. The molecule has 3 rings (SSSR count). The van der Waals surface area contributed by atoms with Crippen molar-refractivity contribution in [3.63, 3.8) is 0 Å². The van der Waals surface area contributed by atoms with Crippen LogP contribution in [0.25, 0.3) is 16.9 Å². The maximum absolute atomic E-state index is 14.2. The van der Waals surface area contributed by atoms with Gasteiger partial charge in [0.2, 0.25) is 0 Å². The molecule has 1 heterocycles. The second kappa shape index (κ2) is 8.14. The van der Waals surface area contributed by atoms with E-state index in [0.717, 1.165) is 17.8 Å². The number of halogens is 1. The molecular formula is C21H23FN4O. The Balaban J connectivity index is 2.00. The molecule has 0 aliphatic rings. The van der Waals surface area contributed by atoms with Gasteiger partial charge >= 0.3 is 0 Å². The van der Waals surface area contributed by atoms with Gasteiger partial charge in [-0.05, 0) is 51.4 Å². The van der Waals surface area contributed by atoms with Crippen LogP contribution < -0.4 is 5.32 Å². The summed E-state index contributed by atoms with van der Waals surface area (Å²) in [6, 6.07) is 15.7.